The minimum absolute atomic E-state index is 0.0297. The second kappa shape index (κ2) is 10.5. The van der Waals surface area contributed by atoms with Crippen molar-refractivity contribution in [2.45, 2.75) is 24.9 Å². The van der Waals surface area contributed by atoms with Crippen molar-refractivity contribution in [2.75, 3.05) is 37.1 Å². The molecule has 2 amide bonds. The summed E-state index contributed by atoms with van der Waals surface area (Å²) in [5.41, 5.74) is 6.69. The Balaban J connectivity index is 1.53. The second-order valence-electron chi connectivity index (χ2n) is 8.04. The van der Waals surface area contributed by atoms with E-state index in [1.165, 1.54) is 16.7 Å². The largest absolute Gasteiger partial charge is 0.543 e. The molecule has 36 heavy (non-hydrogen) atoms. The molecule has 3 N–H and O–H groups in total. The van der Waals surface area contributed by atoms with Crippen LogP contribution in [0.3, 0.4) is 0 Å². The molecular formula is C21H24N8O5S2. The van der Waals surface area contributed by atoms with Gasteiger partial charge in [-0.25, -0.2) is 0 Å². The number of hydrogen-bond donors (Lipinski definition) is 2. The van der Waals surface area contributed by atoms with Gasteiger partial charge in [0.1, 0.15) is 23.7 Å². The molecule has 2 aromatic rings. The predicted octanol–water partition coefficient (Wildman–Crippen LogP) is -1.68. The number of carboxylic acid groups (broad SMARTS) is 1. The number of amides is 2. The number of nitrogen functional groups attached to an aromatic ring is 1. The highest BCUT2D eigenvalue weighted by Gasteiger charge is 2.53. The highest BCUT2D eigenvalue weighted by atomic mass is 32.2. The summed E-state index contributed by atoms with van der Waals surface area (Å²) in [5.74, 6) is -2.43. The summed E-state index contributed by atoms with van der Waals surface area (Å²) in [4.78, 5) is 50.0. The van der Waals surface area contributed by atoms with Gasteiger partial charge in [0.2, 0.25) is 11.5 Å². The smallest absolute Gasteiger partial charge is 0.278 e. The van der Waals surface area contributed by atoms with E-state index in [1.54, 1.807) is 6.92 Å². The van der Waals surface area contributed by atoms with Crippen molar-refractivity contribution in [1.29, 1.82) is 0 Å². The van der Waals surface area contributed by atoms with Gasteiger partial charge >= 0.3 is 0 Å². The van der Waals surface area contributed by atoms with Crippen molar-refractivity contribution in [2.24, 2.45) is 5.16 Å². The number of thioether (sulfide) groups is 1. The number of fused-ring (bicyclic) bond motifs is 1. The van der Waals surface area contributed by atoms with Gasteiger partial charge in [-0.05, 0) is 13.0 Å². The van der Waals surface area contributed by atoms with E-state index in [4.69, 9.17) is 10.6 Å². The van der Waals surface area contributed by atoms with E-state index in [1.807, 2.05) is 48.1 Å². The number of nitrogens with zero attached hydrogens (tertiary/aromatic N) is 6. The van der Waals surface area contributed by atoms with E-state index in [0.29, 0.717) is 11.3 Å². The first kappa shape index (κ1) is 25.4. The number of pyridine rings is 1. The maximum absolute atomic E-state index is 13.0. The number of aromatic nitrogens is 3. The zero-order chi connectivity index (χ0) is 26.0. The van der Waals surface area contributed by atoms with Crippen molar-refractivity contribution < 1.29 is 28.9 Å². The van der Waals surface area contributed by atoms with E-state index in [2.05, 4.69) is 19.8 Å². The van der Waals surface area contributed by atoms with Crippen molar-refractivity contribution in [3.05, 3.63) is 41.6 Å². The molecule has 0 spiro atoms. The molecule has 1 fully saturated rings. The fourth-order valence-electron chi connectivity index (χ4n) is 3.74. The van der Waals surface area contributed by atoms with Crippen molar-refractivity contribution >= 4 is 57.6 Å². The summed E-state index contributed by atoms with van der Waals surface area (Å²) < 4.78 is 5.83. The molecule has 1 saturated heterocycles. The Morgan fingerprint density at radius 3 is 2.86 bits per heavy atom. The van der Waals surface area contributed by atoms with Crippen LogP contribution in [-0.2, 0) is 25.8 Å². The monoisotopic (exact) mass is 532 g/mol. The van der Waals surface area contributed by atoms with Crippen LogP contribution in [0.15, 0.2) is 41.0 Å². The Morgan fingerprint density at radius 1 is 1.44 bits per heavy atom. The van der Waals surface area contributed by atoms with Crippen LogP contribution >= 0.6 is 23.3 Å². The van der Waals surface area contributed by atoms with Crippen molar-refractivity contribution in [3.8, 4) is 0 Å². The average molecular weight is 533 g/mol. The molecule has 0 saturated carbocycles. The first-order valence-corrected chi connectivity index (χ1v) is 12.7. The van der Waals surface area contributed by atoms with Gasteiger partial charge in [0.25, 0.3) is 11.8 Å². The van der Waals surface area contributed by atoms with Gasteiger partial charge in [0.05, 0.1) is 11.7 Å². The number of β-lactam (4-membered cyclic amide) rings is 1. The van der Waals surface area contributed by atoms with Gasteiger partial charge < -0.3 is 30.7 Å². The van der Waals surface area contributed by atoms with Gasteiger partial charge in [-0.2, -0.15) is 13.9 Å². The Morgan fingerprint density at radius 2 is 2.22 bits per heavy atom. The lowest BCUT2D eigenvalue weighted by Crippen LogP contribution is -2.71. The van der Waals surface area contributed by atoms with E-state index in [-0.39, 0.29) is 35.5 Å². The Labute approximate surface area is 214 Å². The summed E-state index contributed by atoms with van der Waals surface area (Å²) >= 11 is 2.24. The first-order chi connectivity index (χ1) is 17.2. The lowest BCUT2D eigenvalue weighted by molar-refractivity contribution is -0.688. The van der Waals surface area contributed by atoms with E-state index in [0.717, 1.165) is 17.2 Å². The Hall–Kier alpha value is -3.72. The maximum Gasteiger partial charge on any atom is 0.278 e. The molecule has 2 aliphatic heterocycles. The fourth-order valence-corrected chi connectivity index (χ4v) is 5.51. The summed E-state index contributed by atoms with van der Waals surface area (Å²) in [6.45, 7) is 2.16. The van der Waals surface area contributed by atoms with Crippen molar-refractivity contribution in [3.63, 3.8) is 0 Å². The van der Waals surface area contributed by atoms with Gasteiger partial charge in [-0.15, -0.1) is 11.8 Å². The Kier molecular flexibility index (Phi) is 7.40. The lowest BCUT2D eigenvalue weighted by Gasteiger charge is -2.50. The van der Waals surface area contributed by atoms with E-state index < -0.39 is 29.2 Å². The van der Waals surface area contributed by atoms with Crippen LogP contribution < -0.4 is 25.6 Å². The van der Waals surface area contributed by atoms with Crippen LogP contribution in [0.2, 0.25) is 0 Å². The molecule has 4 heterocycles. The third-order valence-electron chi connectivity index (χ3n) is 5.41. The molecule has 2 atom stereocenters. The number of oxime groups is 1. The SMILES string of the molecule is CCON=C(C(=O)NC1C(=O)N2C(C(=O)[O-])=C(C[n+]3cccc(N(C)C)c3)CS[C@H]12)c1nsc(N)n1. The zero-order valence-corrected chi connectivity index (χ0v) is 21.3. The number of nitrogens with one attached hydrogen (secondary N) is 1. The van der Waals surface area contributed by atoms with Gasteiger partial charge in [0.15, 0.2) is 24.1 Å². The average Bonchev–Trinajstić information content (AvgIpc) is 3.28. The molecule has 0 aromatic carbocycles. The van der Waals surface area contributed by atoms with Gasteiger partial charge in [-0.3, -0.25) is 14.5 Å². The van der Waals surface area contributed by atoms with Crippen LogP contribution in [0, 0.1) is 0 Å². The number of rotatable bonds is 9. The number of nitrogens with two attached hydrogens (primary N) is 1. The maximum atomic E-state index is 13.0. The highest BCUT2D eigenvalue weighted by Crippen LogP contribution is 2.40. The van der Waals surface area contributed by atoms with Gasteiger partial charge in [0, 0.05) is 43.0 Å². The molecule has 0 radical (unpaired) electrons. The quantitative estimate of drug-likeness (QED) is 0.165. The third-order valence-corrected chi connectivity index (χ3v) is 7.30. The molecule has 2 aromatic heterocycles. The third kappa shape index (κ3) is 4.97. The minimum atomic E-state index is -1.45. The van der Waals surface area contributed by atoms with Gasteiger partial charge in [-0.1, -0.05) is 5.16 Å². The molecule has 190 valence electrons. The molecule has 2 aliphatic rings. The normalized spacial score (nSPS) is 19.5. The zero-order valence-electron chi connectivity index (χ0n) is 19.7. The number of carbonyl (C=O) groups is 3. The highest BCUT2D eigenvalue weighted by molar-refractivity contribution is 8.00. The molecular weight excluding hydrogens is 508 g/mol. The molecule has 0 aliphatic carbocycles. The number of carboxylic acids is 1. The molecule has 0 bridgehead atoms. The standard InChI is InChI=1S/C21H24N8O5S2/c1-4-34-25-13(16-24-21(22)36-26-16)17(30)23-14-18(31)29-15(20(32)33)11(10-35-19(14)29)8-28-7-5-6-12(9-28)27(2)3/h5-7,9,14,19H,4,8,10H2,1-3H3,(H3-,22,23,24,26,30,32,33)/t14?,19-/m1/s1. The topological polar surface area (TPSA) is 170 Å². The summed E-state index contributed by atoms with van der Waals surface area (Å²) in [7, 11) is 3.81. The summed E-state index contributed by atoms with van der Waals surface area (Å²) in [5, 5.41) is 18.0. The summed E-state index contributed by atoms with van der Waals surface area (Å²) in [6, 6.07) is 2.83. The molecule has 4 rings (SSSR count). The van der Waals surface area contributed by atoms with Crippen LogP contribution in [0.5, 0.6) is 0 Å². The number of aliphatic carboxylic acids is 1. The van der Waals surface area contributed by atoms with Crippen LogP contribution in [0.4, 0.5) is 10.8 Å². The van der Waals surface area contributed by atoms with Crippen LogP contribution in [0.1, 0.15) is 12.7 Å². The molecule has 13 nitrogen and oxygen atoms in total. The summed E-state index contributed by atoms with van der Waals surface area (Å²) in [6.07, 6.45) is 3.71. The second-order valence-corrected chi connectivity index (χ2v) is 9.93. The van der Waals surface area contributed by atoms with E-state index in [9.17, 15) is 19.5 Å². The van der Waals surface area contributed by atoms with Crippen LogP contribution in [0.25, 0.3) is 0 Å². The minimum Gasteiger partial charge on any atom is -0.543 e. The van der Waals surface area contributed by atoms with E-state index >= 15 is 0 Å². The number of carbonyl (C=O) groups excluding carboxylic acids is 3. The fraction of sp³-hybridized carbons (Fsp3) is 0.381. The number of anilines is 2. The molecule has 1 unspecified atom stereocenters. The van der Waals surface area contributed by atoms with Crippen molar-refractivity contribution in [1.82, 2.24) is 19.6 Å². The first-order valence-electron chi connectivity index (χ1n) is 10.9. The lowest BCUT2D eigenvalue weighted by atomic mass is 10.0. The number of hydrogen-bond acceptors (Lipinski definition) is 12. The molecule has 15 heteroatoms. The van der Waals surface area contributed by atoms with Crippen LogP contribution in [-0.4, -0.2) is 75.6 Å². The Bertz CT molecular complexity index is 1260. The predicted molar refractivity (Wildman–Crippen MR) is 131 cm³/mol.